The second-order valence-electron chi connectivity index (χ2n) is 2.80. The first-order valence-electron chi connectivity index (χ1n) is 3.89. The molecule has 1 aliphatic heterocycles. The number of aromatic nitrogens is 1. The van der Waals surface area contributed by atoms with Crippen molar-refractivity contribution >= 4 is 6.20 Å². The molecule has 0 saturated carbocycles. The van der Waals surface area contributed by atoms with Crippen molar-refractivity contribution < 1.29 is 13.2 Å². The predicted octanol–water partition coefficient (Wildman–Crippen LogP) is 0.0187. The Bertz CT molecular complexity index is 464. The molecule has 2 heterocycles. The van der Waals surface area contributed by atoms with Crippen LogP contribution < -0.4 is 16.0 Å². The van der Waals surface area contributed by atoms with Gasteiger partial charge < -0.3 is 5.32 Å². The van der Waals surface area contributed by atoms with E-state index in [2.05, 4.69) is 15.3 Å². The molecule has 0 spiro atoms. The maximum absolute atomic E-state index is 12.3. The molecule has 0 aliphatic carbocycles. The highest BCUT2D eigenvalue weighted by Crippen LogP contribution is 2.26. The van der Waals surface area contributed by atoms with Crippen LogP contribution in [0.4, 0.5) is 13.2 Å². The summed E-state index contributed by atoms with van der Waals surface area (Å²) in [4.78, 5) is 7.52. The zero-order chi connectivity index (χ0) is 10.2. The van der Waals surface area contributed by atoms with Crippen molar-refractivity contribution in [1.82, 2.24) is 10.3 Å². The summed E-state index contributed by atoms with van der Waals surface area (Å²) in [6, 6.07) is 1.03. The molecule has 0 radical (unpaired) electrons. The average Bonchev–Trinajstić information content (AvgIpc) is 2.16. The maximum atomic E-state index is 12.3. The van der Waals surface area contributed by atoms with Crippen molar-refractivity contribution in [2.75, 3.05) is 6.67 Å². The molecule has 1 aliphatic rings. The minimum atomic E-state index is -4.35. The Morgan fingerprint density at radius 1 is 1.36 bits per heavy atom. The zero-order valence-corrected chi connectivity index (χ0v) is 6.97. The lowest BCUT2D eigenvalue weighted by Crippen LogP contribution is -2.36. The standard InChI is InChI=1S/C8H6F3N3/c9-8(10,11)6-1-5-2-12-4-14-7(5)13-3-6/h1-3,12H,4H2. The van der Waals surface area contributed by atoms with E-state index in [1.54, 1.807) is 0 Å². The van der Waals surface area contributed by atoms with Gasteiger partial charge in [0, 0.05) is 17.6 Å². The molecule has 0 atom stereocenters. The number of alkyl halides is 3. The summed E-state index contributed by atoms with van der Waals surface area (Å²) in [5, 5.41) is 3.09. The minimum absolute atomic E-state index is 0.344. The van der Waals surface area contributed by atoms with E-state index >= 15 is 0 Å². The number of pyridine rings is 1. The Morgan fingerprint density at radius 2 is 2.14 bits per heavy atom. The van der Waals surface area contributed by atoms with Crippen molar-refractivity contribution in [3.05, 3.63) is 28.5 Å². The number of hydrogen-bond donors (Lipinski definition) is 1. The third-order valence-corrected chi connectivity index (χ3v) is 1.80. The van der Waals surface area contributed by atoms with Gasteiger partial charge >= 0.3 is 6.18 Å². The van der Waals surface area contributed by atoms with Gasteiger partial charge in [-0.2, -0.15) is 13.2 Å². The highest BCUT2D eigenvalue weighted by Gasteiger charge is 2.30. The molecule has 1 aromatic rings. The van der Waals surface area contributed by atoms with Crippen molar-refractivity contribution in [3.63, 3.8) is 0 Å². The van der Waals surface area contributed by atoms with E-state index in [0.717, 1.165) is 12.3 Å². The smallest absolute Gasteiger partial charge is 0.372 e. The van der Waals surface area contributed by atoms with Gasteiger partial charge in [0.2, 0.25) is 0 Å². The van der Waals surface area contributed by atoms with Gasteiger partial charge in [-0.15, -0.1) is 0 Å². The number of rotatable bonds is 0. The molecular weight excluding hydrogens is 195 g/mol. The van der Waals surface area contributed by atoms with Crippen LogP contribution in [0.1, 0.15) is 5.56 Å². The van der Waals surface area contributed by atoms with Crippen LogP contribution in [0, 0.1) is 0 Å². The molecule has 0 fully saturated rings. The van der Waals surface area contributed by atoms with E-state index in [0.29, 0.717) is 17.4 Å². The second-order valence-corrected chi connectivity index (χ2v) is 2.80. The van der Waals surface area contributed by atoms with Gasteiger partial charge in [0.15, 0.2) is 5.49 Å². The van der Waals surface area contributed by atoms with Gasteiger partial charge in [-0.1, -0.05) is 0 Å². The van der Waals surface area contributed by atoms with Crippen molar-refractivity contribution in [2.45, 2.75) is 6.18 Å². The van der Waals surface area contributed by atoms with Gasteiger partial charge in [-0.3, -0.25) is 0 Å². The molecule has 74 valence electrons. The van der Waals surface area contributed by atoms with Crippen LogP contribution in [0.5, 0.6) is 0 Å². The summed E-state index contributed by atoms with van der Waals surface area (Å²) in [5.74, 6) is 0. The Kier molecular flexibility index (Phi) is 1.90. The SMILES string of the molecule is FC(F)(F)c1cnc2c(c1)=CNCN=2. The number of hydrogen-bond acceptors (Lipinski definition) is 3. The highest BCUT2D eigenvalue weighted by atomic mass is 19.4. The molecular formula is C8H6F3N3. The minimum Gasteiger partial charge on any atom is -0.372 e. The highest BCUT2D eigenvalue weighted by molar-refractivity contribution is 5.25. The average molecular weight is 201 g/mol. The summed E-state index contributed by atoms with van der Waals surface area (Å²) < 4.78 is 36.8. The molecule has 1 N–H and O–H groups in total. The van der Waals surface area contributed by atoms with E-state index in [1.807, 2.05) is 0 Å². The summed E-state index contributed by atoms with van der Waals surface area (Å²) in [7, 11) is 0. The molecule has 1 aromatic heterocycles. The van der Waals surface area contributed by atoms with Crippen molar-refractivity contribution in [3.8, 4) is 0 Å². The number of fused-ring (bicyclic) bond motifs is 1. The lowest BCUT2D eigenvalue weighted by Gasteiger charge is -2.07. The van der Waals surface area contributed by atoms with Crippen LogP contribution in [0.25, 0.3) is 6.20 Å². The second kappa shape index (κ2) is 2.97. The molecule has 0 aromatic carbocycles. The van der Waals surface area contributed by atoms with Crippen molar-refractivity contribution in [2.24, 2.45) is 4.99 Å². The summed E-state index contributed by atoms with van der Waals surface area (Å²) >= 11 is 0. The quantitative estimate of drug-likeness (QED) is 0.642. The molecule has 0 saturated heterocycles. The topological polar surface area (TPSA) is 37.3 Å². The normalized spacial score (nSPS) is 14.8. The Labute approximate surface area is 77.0 Å². The third-order valence-electron chi connectivity index (χ3n) is 1.80. The molecule has 0 amide bonds. The van der Waals surface area contributed by atoms with E-state index in [4.69, 9.17) is 0 Å². The zero-order valence-electron chi connectivity index (χ0n) is 6.97. The third kappa shape index (κ3) is 1.55. The number of halogens is 3. The maximum Gasteiger partial charge on any atom is 0.417 e. The predicted molar refractivity (Wildman–Crippen MR) is 42.5 cm³/mol. The fourth-order valence-corrected chi connectivity index (χ4v) is 1.14. The van der Waals surface area contributed by atoms with Crippen molar-refractivity contribution in [1.29, 1.82) is 0 Å². The van der Waals surface area contributed by atoms with Crippen LogP contribution in [-0.2, 0) is 6.18 Å². The van der Waals surface area contributed by atoms with Crippen LogP contribution >= 0.6 is 0 Å². The summed E-state index contributed by atoms with van der Waals surface area (Å²) in [6.07, 6.45) is -2.08. The fourth-order valence-electron chi connectivity index (χ4n) is 1.14. The first kappa shape index (κ1) is 8.98. The summed E-state index contributed by atoms with van der Waals surface area (Å²) in [6.45, 7) is 0.353. The molecule has 0 bridgehead atoms. The van der Waals surface area contributed by atoms with Gasteiger partial charge in [0.1, 0.15) is 6.67 Å². The van der Waals surface area contributed by atoms with Crippen LogP contribution in [0.2, 0.25) is 0 Å². The van der Waals surface area contributed by atoms with Gasteiger partial charge in [-0.25, -0.2) is 9.98 Å². The Morgan fingerprint density at radius 3 is 2.86 bits per heavy atom. The van der Waals surface area contributed by atoms with Crippen LogP contribution in [0.15, 0.2) is 17.3 Å². The van der Waals surface area contributed by atoms with Gasteiger partial charge in [-0.05, 0) is 6.07 Å². The van der Waals surface area contributed by atoms with E-state index in [-0.39, 0.29) is 0 Å². The largest absolute Gasteiger partial charge is 0.417 e. The van der Waals surface area contributed by atoms with Crippen LogP contribution in [-0.4, -0.2) is 11.7 Å². The molecule has 3 nitrogen and oxygen atoms in total. The first-order chi connectivity index (χ1) is 6.57. The van der Waals surface area contributed by atoms with E-state index in [1.165, 1.54) is 6.20 Å². The fraction of sp³-hybridized carbons (Fsp3) is 0.250. The van der Waals surface area contributed by atoms with Crippen LogP contribution in [0.3, 0.4) is 0 Å². The molecule has 0 unspecified atom stereocenters. The molecule has 6 heteroatoms. The van der Waals surface area contributed by atoms with Gasteiger partial charge in [0.05, 0.1) is 5.56 Å². The lowest BCUT2D eigenvalue weighted by molar-refractivity contribution is -0.137. The molecule has 2 rings (SSSR count). The monoisotopic (exact) mass is 201 g/mol. The number of nitrogens with zero attached hydrogens (tertiary/aromatic N) is 2. The molecule has 14 heavy (non-hydrogen) atoms. The van der Waals surface area contributed by atoms with E-state index < -0.39 is 11.7 Å². The van der Waals surface area contributed by atoms with E-state index in [9.17, 15) is 13.2 Å². The Hall–Kier alpha value is -1.59. The Balaban J connectivity index is 2.62. The van der Waals surface area contributed by atoms with Gasteiger partial charge in [0.25, 0.3) is 0 Å². The lowest BCUT2D eigenvalue weighted by atomic mass is 10.2. The summed E-state index contributed by atoms with van der Waals surface area (Å²) in [5.41, 5.74) is -0.414. The first-order valence-corrected chi connectivity index (χ1v) is 3.89. The number of nitrogens with one attached hydrogen (secondary N) is 1.